The van der Waals surface area contributed by atoms with Gasteiger partial charge in [-0.3, -0.25) is 24.4 Å². The standard InChI is InChI=1S/C27H22F2N4O3S/c1-14-9-23(37-24(14)20-12-30-32-15(20)2)25(34)31-17(10-16-7-8-21(28)22(29)11-16)13-33-26(35)18-5-3-4-6-19(18)27(33)36/h3-9,11-12,17H,10,13H2,1-2H3,(H,30,32)(H,31,34). The summed E-state index contributed by atoms with van der Waals surface area (Å²) >= 11 is 1.30. The Labute approximate surface area is 215 Å². The molecule has 7 nitrogen and oxygen atoms in total. The minimum atomic E-state index is -1.02. The minimum Gasteiger partial charge on any atom is -0.346 e. The van der Waals surface area contributed by atoms with E-state index in [2.05, 4.69) is 15.5 Å². The Balaban J connectivity index is 1.41. The molecule has 188 valence electrons. The van der Waals surface area contributed by atoms with Crippen molar-refractivity contribution in [3.8, 4) is 10.4 Å². The number of hydrogen-bond donors (Lipinski definition) is 2. The fourth-order valence-corrected chi connectivity index (χ4v) is 5.58. The Hall–Kier alpha value is -4.18. The van der Waals surface area contributed by atoms with E-state index in [1.807, 2.05) is 13.8 Å². The van der Waals surface area contributed by atoms with E-state index in [0.717, 1.165) is 38.7 Å². The number of rotatable bonds is 7. The summed E-state index contributed by atoms with van der Waals surface area (Å²) in [5.74, 6) is -3.33. The monoisotopic (exact) mass is 520 g/mol. The van der Waals surface area contributed by atoms with E-state index in [-0.39, 0.29) is 13.0 Å². The van der Waals surface area contributed by atoms with Gasteiger partial charge in [-0.1, -0.05) is 18.2 Å². The van der Waals surface area contributed by atoms with Gasteiger partial charge in [-0.05, 0) is 61.7 Å². The molecule has 3 amide bonds. The van der Waals surface area contributed by atoms with Crippen LogP contribution in [0.2, 0.25) is 0 Å². The Morgan fingerprint density at radius 2 is 1.73 bits per heavy atom. The SMILES string of the molecule is Cc1cc(C(=O)NC(Cc2ccc(F)c(F)c2)CN2C(=O)c3ccccc3C2=O)sc1-c1cn[nH]c1C. The molecule has 2 N–H and O–H groups in total. The number of aromatic amines is 1. The van der Waals surface area contributed by atoms with Crippen molar-refractivity contribution >= 4 is 29.1 Å². The van der Waals surface area contributed by atoms with Crippen LogP contribution in [0.3, 0.4) is 0 Å². The van der Waals surface area contributed by atoms with Crippen LogP contribution in [0.4, 0.5) is 8.78 Å². The van der Waals surface area contributed by atoms with Crippen LogP contribution < -0.4 is 5.32 Å². The molecule has 1 aliphatic rings. The summed E-state index contributed by atoms with van der Waals surface area (Å²) < 4.78 is 27.4. The highest BCUT2D eigenvalue weighted by Crippen LogP contribution is 2.33. The van der Waals surface area contributed by atoms with E-state index in [1.165, 1.54) is 17.4 Å². The number of H-pyrrole nitrogens is 1. The van der Waals surface area contributed by atoms with E-state index in [9.17, 15) is 23.2 Å². The van der Waals surface area contributed by atoms with Crippen molar-refractivity contribution in [1.82, 2.24) is 20.4 Å². The average Bonchev–Trinajstić information content (AvgIpc) is 3.54. The second kappa shape index (κ2) is 9.70. The van der Waals surface area contributed by atoms with Gasteiger partial charge in [-0.25, -0.2) is 8.78 Å². The zero-order valence-electron chi connectivity index (χ0n) is 20.0. The van der Waals surface area contributed by atoms with Crippen molar-refractivity contribution in [1.29, 1.82) is 0 Å². The minimum absolute atomic E-state index is 0.0778. The lowest BCUT2D eigenvalue weighted by Gasteiger charge is -2.24. The zero-order chi connectivity index (χ0) is 26.3. The molecule has 2 aromatic heterocycles. The number of nitrogens with zero attached hydrogens (tertiary/aromatic N) is 2. The smallest absolute Gasteiger partial charge is 0.261 e. The van der Waals surface area contributed by atoms with Gasteiger partial charge in [0.2, 0.25) is 0 Å². The van der Waals surface area contributed by atoms with Gasteiger partial charge in [0.1, 0.15) is 0 Å². The molecule has 1 atom stereocenters. The predicted molar refractivity (Wildman–Crippen MR) is 134 cm³/mol. The maximum absolute atomic E-state index is 13.9. The molecule has 10 heteroatoms. The predicted octanol–water partition coefficient (Wildman–Crippen LogP) is 4.67. The lowest BCUT2D eigenvalue weighted by molar-refractivity contribution is 0.0629. The van der Waals surface area contributed by atoms with Crippen LogP contribution in [0, 0.1) is 25.5 Å². The Bertz CT molecular complexity index is 1510. The van der Waals surface area contributed by atoms with Crippen molar-refractivity contribution in [2.75, 3.05) is 6.54 Å². The number of aromatic nitrogens is 2. The summed E-state index contributed by atoms with van der Waals surface area (Å²) in [5, 5.41) is 9.83. The summed E-state index contributed by atoms with van der Waals surface area (Å²) in [6, 6.07) is 11.0. The van der Waals surface area contributed by atoms with E-state index < -0.39 is 35.4 Å². The molecule has 0 bridgehead atoms. The average molecular weight is 521 g/mol. The van der Waals surface area contributed by atoms with Crippen LogP contribution in [0.25, 0.3) is 10.4 Å². The van der Waals surface area contributed by atoms with Gasteiger partial charge in [-0.2, -0.15) is 5.10 Å². The lowest BCUT2D eigenvalue weighted by Crippen LogP contribution is -2.46. The summed E-state index contributed by atoms with van der Waals surface area (Å²) in [7, 11) is 0. The first-order chi connectivity index (χ1) is 17.7. The molecule has 37 heavy (non-hydrogen) atoms. The van der Waals surface area contributed by atoms with E-state index in [0.29, 0.717) is 21.6 Å². The number of fused-ring (bicyclic) bond motifs is 1. The fraction of sp³-hybridized carbons (Fsp3) is 0.185. The van der Waals surface area contributed by atoms with Crippen molar-refractivity contribution in [2.45, 2.75) is 26.3 Å². The topological polar surface area (TPSA) is 95.2 Å². The lowest BCUT2D eigenvalue weighted by atomic mass is 10.0. The molecular weight excluding hydrogens is 498 g/mol. The largest absolute Gasteiger partial charge is 0.346 e. The molecule has 1 unspecified atom stereocenters. The number of benzene rings is 2. The van der Waals surface area contributed by atoms with Crippen molar-refractivity contribution in [2.24, 2.45) is 0 Å². The zero-order valence-corrected chi connectivity index (χ0v) is 20.8. The number of carbonyl (C=O) groups excluding carboxylic acids is 3. The fourth-order valence-electron chi connectivity index (χ4n) is 4.44. The summed E-state index contributed by atoms with van der Waals surface area (Å²) in [6.07, 6.45) is 1.78. The number of amides is 3. The maximum atomic E-state index is 13.9. The summed E-state index contributed by atoms with van der Waals surface area (Å²) in [5.41, 5.74) is 3.67. The number of imide groups is 1. The normalized spacial score (nSPS) is 13.7. The second-order valence-corrected chi connectivity index (χ2v) is 9.97. The third-order valence-corrected chi connectivity index (χ3v) is 7.57. The second-order valence-electron chi connectivity index (χ2n) is 8.92. The summed E-state index contributed by atoms with van der Waals surface area (Å²) in [6.45, 7) is 3.66. The Morgan fingerprint density at radius 1 is 1.03 bits per heavy atom. The molecule has 4 aromatic rings. The van der Waals surface area contributed by atoms with Crippen LogP contribution in [0.5, 0.6) is 0 Å². The van der Waals surface area contributed by atoms with Crippen molar-refractivity contribution in [3.05, 3.63) is 99.2 Å². The van der Waals surface area contributed by atoms with Crippen LogP contribution in [-0.2, 0) is 6.42 Å². The first-order valence-electron chi connectivity index (χ1n) is 11.5. The van der Waals surface area contributed by atoms with Crippen molar-refractivity contribution < 1.29 is 23.2 Å². The number of hydrogen-bond acceptors (Lipinski definition) is 5. The number of nitrogens with one attached hydrogen (secondary N) is 2. The van der Waals surface area contributed by atoms with E-state index in [4.69, 9.17) is 0 Å². The highest BCUT2D eigenvalue weighted by molar-refractivity contribution is 7.17. The van der Waals surface area contributed by atoms with Gasteiger partial charge >= 0.3 is 0 Å². The molecule has 0 saturated carbocycles. The third kappa shape index (κ3) is 4.67. The quantitative estimate of drug-likeness (QED) is 0.346. The van der Waals surface area contributed by atoms with Crippen LogP contribution >= 0.6 is 11.3 Å². The van der Waals surface area contributed by atoms with E-state index >= 15 is 0 Å². The number of carbonyl (C=O) groups is 3. The van der Waals surface area contributed by atoms with Crippen LogP contribution in [0.1, 0.15) is 47.2 Å². The number of halogens is 2. The van der Waals surface area contributed by atoms with Gasteiger partial charge in [-0.15, -0.1) is 11.3 Å². The number of aryl methyl sites for hydroxylation is 2. The van der Waals surface area contributed by atoms with Crippen molar-refractivity contribution in [3.63, 3.8) is 0 Å². The Kier molecular flexibility index (Phi) is 6.43. The molecule has 3 heterocycles. The van der Waals surface area contributed by atoms with E-state index in [1.54, 1.807) is 36.5 Å². The molecule has 0 radical (unpaired) electrons. The van der Waals surface area contributed by atoms with Crippen LogP contribution in [-0.4, -0.2) is 45.4 Å². The first kappa shape index (κ1) is 24.5. The molecule has 0 aliphatic carbocycles. The highest BCUT2D eigenvalue weighted by Gasteiger charge is 2.37. The number of thiophene rings is 1. The molecule has 0 fully saturated rings. The van der Waals surface area contributed by atoms with Gasteiger partial charge < -0.3 is 5.32 Å². The summed E-state index contributed by atoms with van der Waals surface area (Å²) in [4.78, 5) is 41.6. The van der Waals surface area contributed by atoms with Gasteiger partial charge in [0, 0.05) is 22.7 Å². The third-order valence-electron chi connectivity index (χ3n) is 6.30. The molecule has 5 rings (SSSR count). The molecule has 0 spiro atoms. The Morgan fingerprint density at radius 3 is 2.35 bits per heavy atom. The van der Waals surface area contributed by atoms with Gasteiger partial charge in [0.05, 0.1) is 28.2 Å². The molecule has 2 aromatic carbocycles. The molecule has 1 aliphatic heterocycles. The maximum Gasteiger partial charge on any atom is 0.261 e. The molecule has 0 saturated heterocycles. The van der Waals surface area contributed by atoms with Gasteiger partial charge in [0.15, 0.2) is 11.6 Å². The highest BCUT2D eigenvalue weighted by atomic mass is 32.1. The first-order valence-corrected chi connectivity index (χ1v) is 12.4. The molecular formula is C27H22F2N4O3S. The van der Waals surface area contributed by atoms with Crippen LogP contribution in [0.15, 0.2) is 54.7 Å². The van der Waals surface area contributed by atoms with Gasteiger partial charge in [0.25, 0.3) is 17.7 Å².